The van der Waals surface area contributed by atoms with Gasteiger partial charge in [-0.1, -0.05) is 44.2 Å². The van der Waals surface area contributed by atoms with Gasteiger partial charge in [0.25, 0.3) is 0 Å². The summed E-state index contributed by atoms with van der Waals surface area (Å²) in [6.07, 6.45) is 2.07. The van der Waals surface area contributed by atoms with Gasteiger partial charge in [0.15, 0.2) is 5.78 Å². The molecule has 110 valence electrons. The van der Waals surface area contributed by atoms with Crippen molar-refractivity contribution in [2.75, 3.05) is 13.2 Å². The highest BCUT2D eigenvalue weighted by Gasteiger charge is 2.34. The number of ether oxygens (including phenoxy) is 1. The first-order chi connectivity index (χ1) is 9.67. The van der Waals surface area contributed by atoms with Gasteiger partial charge < -0.3 is 4.74 Å². The summed E-state index contributed by atoms with van der Waals surface area (Å²) in [5.41, 5.74) is 0.813. The number of ketones is 1. The lowest BCUT2D eigenvalue weighted by Gasteiger charge is -2.42. The molecular formula is C17H25NO2. The number of hydrogen-bond donors (Lipinski definition) is 0. The van der Waals surface area contributed by atoms with E-state index in [0.717, 1.165) is 31.6 Å². The van der Waals surface area contributed by atoms with Crippen molar-refractivity contribution in [2.45, 2.75) is 51.8 Å². The summed E-state index contributed by atoms with van der Waals surface area (Å²) < 4.78 is 5.74. The average molecular weight is 275 g/mol. The molecule has 0 N–H and O–H groups in total. The smallest absolute Gasteiger partial charge is 0.179 e. The molecule has 1 fully saturated rings. The molecule has 3 nitrogen and oxygen atoms in total. The number of hydrogen-bond acceptors (Lipinski definition) is 3. The molecule has 1 aliphatic rings. The molecule has 0 spiro atoms. The second-order valence-electron chi connectivity index (χ2n) is 5.56. The Labute approximate surface area is 121 Å². The van der Waals surface area contributed by atoms with Gasteiger partial charge in [-0.2, -0.15) is 0 Å². The van der Waals surface area contributed by atoms with Crippen LogP contribution in [0.5, 0.6) is 0 Å². The molecule has 0 saturated carbocycles. The van der Waals surface area contributed by atoms with E-state index in [2.05, 4.69) is 25.7 Å². The van der Waals surface area contributed by atoms with Gasteiger partial charge >= 0.3 is 0 Å². The predicted octanol–water partition coefficient (Wildman–Crippen LogP) is 3.15. The lowest BCUT2D eigenvalue weighted by molar-refractivity contribution is -0.0675. The van der Waals surface area contributed by atoms with Crippen LogP contribution in [0.3, 0.4) is 0 Å². The van der Waals surface area contributed by atoms with Gasteiger partial charge in [-0.05, 0) is 19.8 Å². The molecule has 0 amide bonds. The third-order valence-electron chi connectivity index (χ3n) is 4.13. The summed E-state index contributed by atoms with van der Waals surface area (Å²) in [6, 6.07) is 9.95. The van der Waals surface area contributed by atoms with Gasteiger partial charge in [-0.3, -0.25) is 9.69 Å². The van der Waals surface area contributed by atoms with Crippen LogP contribution >= 0.6 is 0 Å². The van der Waals surface area contributed by atoms with E-state index in [1.807, 2.05) is 30.3 Å². The number of nitrogens with zero attached hydrogens (tertiary/aromatic N) is 1. The van der Waals surface area contributed by atoms with Crippen molar-refractivity contribution in [3.63, 3.8) is 0 Å². The van der Waals surface area contributed by atoms with Crippen LogP contribution in [-0.4, -0.2) is 42.0 Å². The fourth-order valence-electron chi connectivity index (χ4n) is 2.97. The lowest BCUT2D eigenvalue weighted by atomic mass is 9.97. The van der Waals surface area contributed by atoms with Crippen molar-refractivity contribution in [3.8, 4) is 0 Å². The maximum Gasteiger partial charge on any atom is 0.179 e. The minimum absolute atomic E-state index is 0.0336. The largest absolute Gasteiger partial charge is 0.376 e. The van der Waals surface area contributed by atoms with Gasteiger partial charge in [0, 0.05) is 18.2 Å². The van der Waals surface area contributed by atoms with Crippen molar-refractivity contribution < 1.29 is 9.53 Å². The Hall–Kier alpha value is -1.19. The average Bonchev–Trinajstić information content (AvgIpc) is 2.49. The zero-order chi connectivity index (χ0) is 14.5. The van der Waals surface area contributed by atoms with Crippen molar-refractivity contribution in [2.24, 2.45) is 0 Å². The first kappa shape index (κ1) is 15.2. The number of Topliss-reactive ketones (excluding diaryl/α,β-unsaturated/α-hetero) is 1. The van der Waals surface area contributed by atoms with E-state index in [1.165, 1.54) is 0 Å². The van der Waals surface area contributed by atoms with Crippen LogP contribution in [0.1, 0.15) is 44.0 Å². The highest BCUT2D eigenvalue weighted by molar-refractivity contribution is 6.00. The zero-order valence-electron chi connectivity index (χ0n) is 12.7. The van der Waals surface area contributed by atoms with E-state index in [1.54, 1.807) is 0 Å². The fourth-order valence-corrected chi connectivity index (χ4v) is 2.97. The van der Waals surface area contributed by atoms with Crippen LogP contribution < -0.4 is 0 Å². The van der Waals surface area contributed by atoms with Crippen LogP contribution in [-0.2, 0) is 4.74 Å². The Bertz CT molecular complexity index is 432. The second kappa shape index (κ2) is 7.00. The van der Waals surface area contributed by atoms with E-state index in [-0.39, 0.29) is 17.9 Å². The summed E-state index contributed by atoms with van der Waals surface area (Å²) in [5.74, 6) is 0.237. The maximum atomic E-state index is 12.8. The third-order valence-corrected chi connectivity index (χ3v) is 4.13. The topological polar surface area (TPSA) is 29.5 Å². The molecular weight excluding hydrogens is 250 g/mol. The van der Waals surface area contributed by atoms with Crippen molar-refractivity contribution in [1.82, 2.24) is 4.90 Å². The van der Waals surface area contributed by atoms with Gasteiger partial charge in [-0.15, -0.1) is 0 Å². The molecule has 3 unspecified atom stereocenters. The van der Waals surface area contributed by atoms with Crippen molar-refractivity contribution in [1.29, 1.82) is 0 Å². The highest BCUT2D eigenvalue weighted by atomic mass is 16.5. The minimum Gasteiger partial charge on any atom is -0.376 e. The number of morpholine rings is 1. The predicted molar refractivity (Wildman–Crippen MR) is 81.1 cm³/mol. The molecule has 1 aliphatic heterocycles. The molecule has 0 radical (unpaired) electrons. The van der Waals surface area contributed by atoms with E-state index < -0.39 is 0 Å². The summed E-state index contributed by atoms with van der Waals surface area (Å²) in [7, 11) is 0. The van der Waals surface area contributed by atoms with Crippen molar-refractivity contribution in [3.05, 3.63) is 35.9 Å². The van der Waals surface area contributed by atoms with E-state index in [0.29, 0.717) is 6.04 Å². The van der Waals surface area contributed by atoms with Crippen LogP contribution in [0, 0.1) is 0 Å². The molecule has 20 heavy (non-hydrogen) atoms. The first-order valence-electron chi connectivity index (χ1n) is 7.64. The summed E-state index contributed by atoms with van der Waals surface area (Å²) in [5, 5.41) is 0. The lowest BCUT2D eigenvalue weighted by Crippen LogP contribution is -2.55. The highest BCUT2D eigenvalue weighted by Crippen LogP contribution is 2.22. The number of rotatable bonds is 5. The summed E-state index contributed by atoms with van der Waals surface area (Å²) in [4.78, 5) is 15.1. The van der Waals surface area contributed by atoms with E-state index >= 15 is 0 Å². The standard InChI is InChI=1S/C17H25NO2/c1-4-15-12-20-13(3)11-18(15)16(5-2)17(19)14-9-7-6-8-10-14/h6-10,13,15-16H,4-5,11-12H2,1-3H3. The van der Waals surface area contributed by atoms with Crippen molar-refractivity contribution >= 4 is 5.78 Å². The molecule has 0 aliphatic carbocycles. The normalized spacial score (nSPS) is 25.4. The quantitative estimate of drug-likeness (QED) is 0.773. The Morgan fingerprint density at radius 3 is 2.65 bits per heavy atom. The molecule has 3 heteroatoms. The molecule has 0 aromatic heterocycles. The first-order valence-corrected chi connectivity index (χ1v) is 7.64. The Morgan fingerprint density at radius 2 is 2.05 bits per heavy atom. The van der Waals surface area contributed by atoms with Crippen LogP contribution in [0.4, 0.5) is 0 Å². The molecule has 1 saturated heterocycles. The Morgan fingerprint density at radius 1 is 1.35 bits per heavy atom. The number of benzene rings is 1. The van der Waals surface area contributed by atoms with Gasteiger partial charge in [0.2, 0.25) is 0 Å². The third kappa shape index (κ3) is 3.28. The van der Waals surface area contributed by atoms with E-state index in [4.69, 9.17) is 4.74 Å². The molecule has 3 atom stereocenters. The molecule has 1 aromatic rings. The number of carbonyl (C=O) groups is 1. The minimum atomic E-state index is -0.0336. The van der Waals surface area contributed by atoms with Crippen LogP contribution in [0.15, 0.2) is 30.3 Å². The molecule has 0 bridgehead atoms. The van der Waals surface area contributed by atoms with E-state index in [9.17, 15) is 4.79 Å². The summed E-state index contributed by atoms with van der Waals surface area (Å²) in [6.45, 7) is 7.92. The van der Waals surface area contributed by atoms with Gasteiger partial charge in [-0.25, -0.2) is 0 Å². The van der Waals surface area contributed by atoms with Gasteiger partial charge in [0.1, 0.15) is 0 Å². The fraction of sp³-hybridized carbons (Fsp3) is 0.588. The Kier molecular flexibility index (Phi) is 5.32. The Balaban J connectivity index is 2.19. The van der Waals surface area contributed by atoms with Crippen LogP contribution in [0.25, 0.3) is 0 Å². The zero-order valence-corrected chi connectivity index (χ0v) is 12.7. The van der Waals surface area contributed by atoms with Gasteiger partial charge in [0.05, 0.1) is 18.8 Å². The molecule has 1 aromatic carbocycles. The second-order valence-corrected chi connectivity index (χ2v) is 5.56. The summed E-state index contributed by atoms with van der Waals surface area (Å²) >= 11 is 0. The maximum absolute atomic E-state index is 12.8. The SMILES string of the molecule is CCC1COC(C)CN1C(CC)C(=O)c1ccccc1. The molecule has 2 rings (SSSR count). The molecule has 1 heterocycles. The number of carbonyl (C=O) groups excluding carboxylic acids is 1. The van der Waals surface area contributed by atoms with Crippen LogP contribution in [0.2, 0.25) is 0 Å². The monoisotopic (exact) mass is 275 g/mol.